The number of rotatable bonds is 7. The summed E-state index contributed by atoms with van der Waals surface area (Å²) in [6.45, 7) is 5.56. The number of amides is 1. The zero-order chi connectivity index (χ0) is 16.0. The highest BCUT2D eigenvalue weighted by atomic mass is 35.5. The molecule has 0 aromatic heterocycles. The van der Waals surface area contributed by atoms with Crippen LogP contribution in [0.4, 0.5) is 5.69 Å². The third-order valence-electron chi connectivity index (χ3n) is 2.83. The molecule has 0 fully saturated rings. The lowest BCUT2D eigenvalue weighted by molar-refractivity contribution is -0.122. The minimum Gasteiger partial charge on any atom is -0.351 e. The smallest absolute Gasteiger partial charge is 0.244 e. The molecule has 1 atom stereocenters. The van der Waals surface area contributed by atoms with Crippen molar-refractivity contribution < 1.29 is 13.2 Å². The summed E-state index contributed by atoms with van der Waals surface area (Å²) in [6, 6.07) is 5.51. The standard InChI is InChI=1S/C14H19ClN2O3S/c1-4-10-16-14(18)13(5-2)17(21(3,19)20)12-8-6-11(15)7-9-12/h4,6-9,13H,1,5,10H2,2-3H3,(H,16,18)/t13-/m0/s1. The Hall–Kier alpha value is -1.53. The van der Waals surface area contributed by atoms with Crippen molar-refractivity contribution in [1.82, 2.24) is 5.32 Å². The van der Waals surface area contributed by atoms with E-state index in [1.165, 1.54) is 6.08 Å². The second-order valence-electron chi connectivity index (χ2n) is 4.49. The van der Waals surface area contributed by atoms with Crippen molar-refractivity contribution in [3.05, 3.63) is 41.9 Å². The number of nitrogens with one attached hydrogen (secondary N) is 1. The van der Waals surface area contributed by atoms with Gasteiger partial charge in [0.25, 0.3) is 0 Å². The number of carbonyl (C=O) groups is 1. The van der Waals surface area contributed by atoms with Crippen LogP contribution in [-0.4, -0.2) is 33.2 Å². The average Bonchev–Trinajstić information content (AvgIpc) is 2.42. The monoisotopic (exact) mass is 330 g/mol. The first-order chi connectivity index (χ1) is 9.81. The van der Waals surface area contributed by atoms with E-state index in [1.807, 2.05) is 0 Å². The summed E-state index contributed by atoms with van der Waals surface area (Å²) in [5, 5.41) is 3.12. The van der Waals surface area contributed by atoms with Crippen molar-refractivity contribution in [2.75, 3.05) is 17.1 Å². The fourth-order valence-electron chi connectivity index (χ4n) is 1.94. The second kappa shape index (κ2) is 7.47. The van der Waals surface area contributed by atoms with Crippen molar-refractivity contribution in [1.29, 1.82) is 0 Å². The molecule has 21 heavy (non-hydrogen) atoms. The Morgan fingerprint density at radius 2 is 2.00 bits per heavy atom. The Balaban J connectivity index is 3.20. The van der Waals surface area contributed by atoms with Gasteiger partial charge in [0, 0.05) is 11.6 Å². The van der Waals surface area contributed by atoms with Gasteiger partial charge in [0.05, 0.1) is 11.9 Å². The zero-order valence-electron chi connectivity index (χ0n) is 12.0. The number of hydrogen-bond acceptors (Lipinski definition) is 3. The topological polar surface area (TPSA) is 66.5 Å². The zero-order valence-corrected chi connectivity index (χ0v) is 13.6. The van der Waals surface area contributed by atoms with Crippen LogP contribution in [0, 0.1) is 0 Å². The molecule has 0 spiro atoms. The molecule has 1 aromatic carbocycles. The van der Waals surface area contributed by atoms with Crippen LogP contribution < -0.4 is 9.62 Å². The van der Waals surface area contributed by atoms with Crippen LogP contribution in [-0.2, 0) is 14.8 Å². The maximum absolute atomic E-state index is 12.2. The molecule has 0 saturated heterocycles. The molecule has 0 saturated carbocycles. The quantitative estimate of drug-likeness (QED) is 0.779. The van der Waals surface area contributed by atoms with Gasteiger partial charge in [-0.15, -0.1) is 6.58 Å². The maximum Gasteiger partial charge on any atom is 0.244 e. The van der Waals surface area contributed by atoms with Gasteiger partial charge in [-0.25, -0.2) is 8.42 Å². The lowest BCUT2D eigenvalue weighted by Crippen LogP contribution is -2.49. The first kappa shape index (κ1) is 17.5. The van der Waals surface area contributed by atoms with E-state index in [4.69, 9.17) is 11.6 Å². The molecule has 116 valence electrons. The third kappa shape index (κ3) is 4.75. The Morgan fingerprint density at radius 3 is 2.43 bits per heavy atom. The molecule has 0 aliphatic carbocycles. The number of anilines is 1. The summed E-state index contributed by atoms with van der Waals surface area (Å²) in [5.74, 6) is -0.363. The highest BCUT2D eigenvalue weighted by Gasteiger charge is 2.31. The van der Waals surface area contributed by atoms with E-state index in [1.54, 1.807) is 31.2 Å². The van der Waals surface area contributed by atoms with E-state index in [9.17, 15) is 13.2 Å². The van der Waals surface area contributed by atoms with E-state index in [2.05, 4.69) is 11.9 Å². The molecule has 0 unspecified atom stereocenters. The minimum atomic E-state index is -3.61. The summed E-state index contributed by atoms with van der Waals surface area (Å²) in [7, 11) is -3.61. The van der Waals surface area contributed by atoms with Crippen molar-refractivity contribution in [3.8, 4) is 0 Å². The highest BCUT2D eigenvalue weighted by Crippen LogP contribution is 2.24. The predicted octanol–water partition coefficient (Wildman–Crippen LogP) is 2.19. The van der Waals surface area contributed by atoms with E-state index < -0.39 is 16.1 Å². The Labute approximate surface area is 130 Å². The van der Waals surface area contributed by atoms with Crippen molar-refractivity contribution in [2.24, 2.45) is 0 Å². The number of carbonyl (C=O) groups excluding carboxylic acids is 1. The molecule has 7 heteroatoms. The third-order valence-corrected chi connectivity index (χ3v) is 4.26. The van der Waals surface area contributed by atoms with Gasteiger partial charge in [0.15, 0.2) is 0 Å². The Kier molecular flexibility index (Phi) is 6.23. The SMILES string of the molecule is C=CCNC(=O)[C@H](CC)N(c1ccc(Cl)cc1)S(C)(=O)=O. The molecule has 1 aromatic rings. The largest absolute Gasteiger partial charge is 0.351 e. The minimum absolute atomic E-state index is 0.285. The number of nitrogens with zero attached hydrogens (tertiary/aromatic N) is 1. The van der Waals surface area contributed by atoms with Crippen molar-refractivity contribution in [3.63, 3.8) is 0 Å². The van der Waals surface area contributed by atoms with Crippen LogP contribution in [0.15, 0.2) is 36.9 Å². The number of benzene rings is 1. The van der Waals surface area contributed by atoms with Crippen LogP contribution in [0.2, 0.25) is 5.02 Å². The molecular weight excluding hydrogens is 312 g/mol. The highest BCUT2D eigenvalue weighted by molar-refractivity contribution is 7.92. The van der Waals surface area contributed by atoms with E-state index >= 15 is 0 Å². The van der Waals surface area contributed by atoms with E-state index in [0.717, 1.165) is 10.6 Å². The molecular formula is C14H19ClN2O3S. The van der Waals surface area contributed by atoms with Gasteiger partial charge in [-0.05, 0) is 30.7 Å². The molecule has 0 radical (unpaired) electrons. The molecule has 5 nitrogen and oxygen atoms in total. The van der Waals surface area contributed by atoms with Gasteiger partial charge in [-0.2, -0.15) is 0 Å². The normalized spacial score (nSPS) is 12.5. The van der Waals surface area contributed by atoms with Crippen LogP contribution >= 0.6 is 11.6 Å². The summed E-state index contributed by atoms with van der Waals surface area (Å²) >= 11 is 5.82. The van der Waals surface area contributed by atoms with Crippen LogP contribution in [0.1, 0.15) is 13.3 Å². The first-order valence-corrected chi connectivity index (χ1v) is 8.67. The molecule has 0 aliphatic heterocycles. The first-order valence-electron chi connectivity index (χ1n) is 6.44. The molecule has 0 bridgehead atoms. The predicted molar refractivity (Wildman–Crippen MR) is 86.1 cm³/mol. The fraction of sp³-hybridized carbons (Fsp3) is 0.357. The van der Waals surface area contributed by atoms with Crippen molar-refractivity contribution in [2.45, 2.75) is 19.4 Å². The van der Waals surface area contributed by atoms with E-state index in [0.29, 0.717) is 17.1 Å². The van der Waals surface area contributed by atoms with Gasteiger partial charge in [-0.1, -0.05) is 24.6 Å². The van der Waals surface area contributed by atoms with Crippen LogP contribution in [0.5, 0.6) is 0 Å². The maximum atomic E-state index is 12.2. The lowest BCUT2D eigenvalue weighted by atomic mass is 10.2. The molecule has 0 heterocycles. The summed E-state index contributed by atoms with van der Waals surface area (Å²) in [6.07, 6.45) is 2.96. The molecule has 1 amide bonds. The van der Waals surface area contributed by atoms with Crippen LogP contribution in [0.25, 0.3) is 0 Å². The lowest BCUT2D eigenvalue weighted by Gasteiger charge is -2.30. The Morgan fingerprint density at radius 1 is 1.43 bits per heavy atom. The van der Waals surface area contributed by atoms with Gasteiger partial charge in [0.1, 0.15) is 6.04 Å². The van der Waals surface area contributed by atoms with Gasteiger partial charge >= 0.3 is 0 Å². The van der Waals surface area contributed by atoms with Gasteiger partial charge < -0.3 is 5.32 Å². The average molecular weight is 331 g/mol. The van der Waals surface area contributed by atoms with E-state index in [-0.39, 0.29) is 12.5 Å². The molecule has 1 N–H and O–H groups in total. The fourth-order valence-corrected chi connectivity index (χ4v) is 3.28. The molecule has 1 rings (SSSR count). The number of sulfonamides is 1. The summed E-state index contributed by atoms with van der Waals surface area (Å²) in [4.78, 5) is 12.2. The van der Waals surface area contributed by atoms with Crippen LogP contribution in [0.3, 0.4) is 0 Å². The van der Waals surface area contributed by atoms with Gasteiger partial charge in [0.2, 0.25) is 15.9 Å². The van der Waals surface area contributed by atoms with Crippen molar-refractivity contribution >= 4 is 33.2 Å². The Bertz CT molecular complexity index is 599. The number of halogens is 1. The molecule has 0 aliphatic rings. The second-order valence-corrected chi connectivity index (χ2v) is 6.79. The number of hydrogen-bond donors (Lipinski definition) is 1. The van der Waals surface area contributed by atoms with Gasteiger partial charge in [-0.3, -0.25) is 9.10 Å². The summed E-state index contributed by atoms with van der Waals surface area (Å²) < 4.78 is 25.3. The summed E-state index contributed by atoms with van der Waals surface area (Å²) in [5.41, 5.74) is 0.405.